The van der Waals surface area contributed by atoms with Crippen molar-refractivity contribution in [3.63, 3.8) is 0 Å². The molecule has 0 aliphatic rings. The summed E-state index contributed by atoms with van der Waals surface area (Å²) < 4.78 is 13.4. The fourth-order valence-electron chi connectivity index (χ4n) is 0.943. The molecule has 1 aromatic carbocycles. The molecule has 0 bridgehead atoms. The highest BCUT2D eigenvalue weighted by Gasteiger charge is 2.30. The molecule has 3 N–H and O–H groups in total. The summed E-state index contributed by atoms with van der Waals surface area (Å²) in [6.07, 6.45) is 0. The number of halogens is 2. The molecule has 0 fully saturated rings. The quantitative estimate of drug-likeness (QED) is 0.854. The van der Waals surface area contributed by atoms with Gasteiger partial charge >= 0.3 is 5.97 Å². The van der Waals surface area contributed by atoms with Gasteiger partial charge in [-0.3, -0.25) is 0 Å². The zero-order valence-electron chi connectivity index (χ0n) is 7.42. The maximum absolute atomic E-state index is 13.1. The number of hydrogen-bond donors (Lipinski definition) is 2. The van der Waals surface area contributed by atoms with Gasteiger partial charge in [0.05, 0.1) is 4.47 Å². The van der Waals surface area contributed by atoms with Crippen molar-refractivity contribution in [2.75, 3.05) is 0 Å². The monoisotopic (exact) mass is 261 g/mol. The molecule has 0 spiro atoms. The average molecular weight is 262 g/mol. The molecule has 0 radical (unpaired) electrons. The third kappa shape index (κ3) is 1.93. The summed E-state index contributed by atoms with van der Waals surface area (Å²) in [6, 6.07) is 4.01. The molecule has 76 valence electrons. The Morgan fingerprint density at radius 2 is 2.21 bits per heavy atom. The van der Waals surface area contributed by atoms with Gasteiger partial charge in [0.1, 0.15) is 11.4 Å². The highest BCUT2D eigenvalue weighted by Crippen LogP contribution is 2.23. The van der Waals surface area contributed by atoms with Crippen molar-refractivity contribution in [2.45, 2.75) is 12.5 Å². The van der Waals surface area contributed by atoms with Crippen LogP contribution in [-0.4, -0.2) is 11.1 Å². The molecule has 0 amide bonds. The Hall–Kier alpha value is -0.940. The summed E-state index contributed by atoms with van der Waals surface area (Å²) in [4.78, 5) is 10.8. The topological polar surface area (TPSA) is 63.3 Å². The molecule has 5 heteroatoms. The molecule has 3 nitrogen and oxygen atoms in total. The zero-order chi connectivity index (χ0) is 10.9. The van der Waals surface area contributed by atoms with Gasteiger partial charge in [-0.15, -0.1) is 0 Å². The lowest BCUT2D eigenvalue weighted by molar-refractivity contribution is -0.143. The predicted molar refractivity (Wildman–Crippen MR) is 53.3 cm³/mol. The molecule has 1 aromatic rings. The van der Waals surface area contributed by atoms with Gasteiger partial charge in [0, 0.05) is 0 Å². The molecule has 0 aromatic heterocycles. The largest absolute Gasteiger partial charge is 0.480 e. The van der Waals surface area contributed by atoms with Crippen LogP contribution in [-0.2, 0) is 10.3 Å². The minimum atomic E-state index is -1.57. The van der Waals surface area contributed by atoms with E-state index in [2.05, 4.69) is 15.9 Å². The van der Waals surface area contributed by atoms with E-state index in [-0.39, 0.29) is 10.0 Å². The van der Waals surface area contributed by atoms with Gasteiger partial charge in [-0.25, -0.2) is 9.18 Å². The fraction of sp³-hybridized carbons (Fsp3) is 0.222. The van der Waals surface area contributed by atoms with Crippen LogP contribution in [0.25, 0.3) is 0 Å². The third-order valence-electron chi connectivity index (χ3n) is 1.96. The van der Waals surface area contributed by atoms with E-state index in [4.69, 9.17) is 10.8 Å². The number of benzene rings is 1. The number of rotatable bonds is 2. The first-order valence-corrected chi connectivity index (χ1v) is 4.63. The standard InChI is InChI=1S/C9H9BrFNO2/c1-9(12,8(13)14)5-2-3-6(10)7(11)4-5/h2-4H,12H2,1H3,(H,13,14). The van der Waals surface area contributed by atoms with E-state index < -0.39 is 17.3 Å². The van der Waals surface area contributed by atoms with Crippen LogP contribution in [0.1, 0.15) is 12.5 Å². The minimum Gasteiger partial charge on any atom is -0.480 e. The van der Waals surface area contributed by atoms with Crippen LogP contribution in [0.5, 0.6) is 0 Å². The maximum Gasteiger partial charge on any atom is 0.328 e. The summed E-state index contributed by atoms with van der Waals surface area (Å²) in [5, 5.41) is 8.80. The van der Waals surface area contributed by atoms with E-state index >= 15 is 0 Å². The number of hydrogen-bond acceptors (Lipinski definition) is 2. The van der Waals surface area contributed by atoms with Gasteiger partial charge in [-0.2, -0.15) is 0 Å². The van der Waals surface area contributed by atoms with Crippen LogP contribution in [0.4, 0.5) is 4.39 Å². The van der Waals surface area contributed by atoms with Gasteiger partial charge < -0.3 is 10.8 Å². The molecule has 1 atom stereocenters. The first-order chi connectivity index (χ1) is 6.35. The summed E-state index contributed by atoms with van der Waals surface area (Å²) in [7, 11) is 0. The molecule has 14 heavy (non-hydrogen) atoms. The smallest absolute Gasteiger partial charge is 0.328 e. The summed E-state index contributed by atoms with van der Waals surface area (Å²) >= 11 is 2.97. The van der Waals surface area contributed by atoms with E-state index in [0.717, 1.165) is 6.07 Å². The second-order valence-corrected chi connectivity index (χ2v) is 3.99. The molecular weight excluding hydrogens is 253 g/mol. The van der Waals surface area contributed by atoms with Gasteiger partial charge in [0.25, 0.3) is 0 Å². The lowest BCUT2D eigenvalue weighted by Gasteiger charge is -2.19. The van der Waals surface area contributed by atoms with E-state index in [1.807, 2.05) is 0 Å². The van der Waals surface area contributed by atoms with Crippen LogP contribution < -0.4 is 5.73 Å². The van der Waals surface area contributed by atoms with Gasteiger partial charge in [0.15, 0.2) is 0 Å². The SMILES string of the molecule is CC(N)(C(=O)O)c1ccc(Br)c(F)c1. The molecular formula is C9H9BrFNO2. The van der Waals surface area contributed by atoms with Crippen molar-refractivity contribution in [2.24, 2.45) is 5.73 Å². The molecule has 0 saturated carbocycles. The number of carbonyl (C=O) groups is 1. The summed E-state index contributed by atoms with van der Waals surface area (Å²) in [5.41, 5.74) is 4.18. The number of carboxylic acid groups (broad SMARTS) is 1. The van der Waals surface area contributed by atoms with Crippen LogP contribution in [0.15, 0.2) is 22.7 Å². The second-order valence-electron chi connectivity index (χ2n) is 3.14. The van der Waals surface area contributed by atoms with E-state index in [1.165, 1.54) is 19.1 Å². The number of nitrogens with two attached hydrogens (primary N) is 1. The van der Waals surface area contributed by atoms with Crippen molar-refractivity contribution in [3.05, 3.63) is 34.1 Å². The highest BCUT2D eigenvalue weighted by molar-refractivity contribution is 9.10. The minimum absolute atomic E-state index is 0.228. The Bertz CT molecular complexity index is 379. The number of aliphatic carboxylic acids is 1. The highest BCUT2D eigenvalue weighted by atomic mass is 79.9. The fourth-order valence-corrected chi connectivity index (χ4v) is 1.19. The van der Waals surface area contributed by atoms with E-state index in [0.29, 0.717) is 0 Å². The summed E-state index contributed by atoms with van der Waals surface area (Å²) in [5.74, 6) is -1.72. The first kappa shape index (κ1) is 11.1. The van der Waals surface area contributed by atoms with Gasteiger partial charge in [0.2, 0.25) is 0 Å². The Balaban J connectivity index is 3.21. The summed E-state index contributed by atoms with van der Waals surface area (Å²) in [6.45, 7) is 1.32. The van der Waals surface area contributed by atoms with Crippen molar-refractivity contribution in [1.29, 1.82) is 0 Å². The van der Waals surface area contributed by atoms with Crippen molar-refractivity contribution >= 4 is 21.9 Å². The van der Waals surface area contributed by atoms with Crippen LogP contribution in [0, 0.1) is 5.82 Å². The molecule has 0 heterocycles. The predicted octanol–water partition coefficient (Wildman–Crippen LogP) is 1.85. The Labute approximate surface area is 88.9 Å². The average Bonchev–Trinajstić information content (AvgIpc) is 2.09. The Morgan fingerprint density at radius 3 is 2.64 bits per heavy atom. The third-order valence-corrected chi connectivity index (χ3v) is 2.61. The van der Waals surface area contributed by atoms with Crippen molar-refractivity contribution < 1.29 is 14.3 Å². The normalized spacial score (nSPS) is 14.9. The van der Waals surface area contributed by atoms with Crippen LogP contribution in [0.2, 0.25) is 0 Å². The molecule has 1 rings (SSSR count). The van der Waals surface area contributed by atoms with E-state index in [9.17, 15) is 9.18 Å². The molecule has 1 unspecified atom stereocenters. The molecule has 0 aliphatic heterocycles. The Morgan fingerprint density at radius 1 is 1.64 bits per heavy atom. The Kier molecular flexibility index (Phi) is 2.92. The first-order valence-electron chi connectivity index (χ1n) is 3.83. The van der Waals surface area contributed by atoms with Gasteiger partial charge in [-0.05, 0) is 40.5 Å². The number of carboxylic acids is 1. The second kappa shape index (κ2) is 3.67. The van der Waals surface area contributed by atoms with Gasteiger partial charge in [-0.1, -0.05) is 6.07 Å². The lowest BCUT2D eigenvalue weighted by atomic mass is 9.93. The van der Waals surface area contributed by atoms with E-state index in [1.54, 1.807) is 0 Å². The van der Waals surface area contributed by atoms with Crippen molar-refractivity contribution in [3.8, 4) is 0 Å². The van der Waals surface area contributed by atoms with Crippen LogP contribution >= 0.6 is 15.9 Å². The lowest BCUT2D eigenvalue weighted by Crippen LogP contribution is -2.41. The molecule has 0 aliphatic carbocycles. The zero-order valence-corrected chi connectivity index (χ0v) is 9.01. The van der Waals surface area contributed by atoms with Crippen LogP contribution in [0.3, 0.4) is 0 Å². The van der Waals surface area contributed by atoms with Crippen molar-refractivity contribution in [1.82, 2.24) is 0 Å². The molecule has 0 saturated heterocycles. The maximum atomic E-state index is 13.1.